The highest BCUT2D eigenvalue weighted by Crippen LogP contribution is 2.43. The van der Waals surface area contributed by atoms with Gasteiger partial charge in [0, 0.05) is 41.7 Å². The Bertz CT molecular complexity index is 1320. The maximum absolute atomic E-state index is 14.3. The van der Waals surface area contributed by atoms with Crippen molar-refractivity contribution in [2.75, 3.05) is 30.0 Å². The summed E-state index contributed by atoms with van der Waals surface area (Å²) >= 11 is 0. The van der Waals surface area contributed by atoms with E-state index in [2.05, 4.69) is 21.3 Å². The highest BCUT2D eigenvalue weighted by molar-refractivity contribution is 6.04. The van der Waals surface area contributed by atoms with Gasteiger partial charge in [0.05, 0.1) is 25.0 Å². The Morgan fingerprint density at radius 3 is 2.83 bits per heavy atom. The first-order chi connectivity index (χ1) is 17.0. The Morgan fingerprint density at radius 1 is 1.25 bits per heavy atom. The van der Waals surface area contributed by atoms with Crippen LogP contribution in [0.25, 0.3) is 11.1 Å². The fraction of sp³-hybridized carbons (Fsp3) is 0.357. The molecule has 3 aromatic rings. The zero-order valence-corrected chi connectivity index (χ0v) is 20.7. The smallest absolute Gasteiger partial charge is 0.255 e. The second-order valence-electron chi connectivity index (χ2n) is 10.2. The number of pyridine rings is 1. The van der Waals surface area contributed by atoms with Gasteiger partial charge in [-0.05, 0) is 67.8 Å². The minimum absolute atomic E-state index is 0.204. The molecule has 1 aromatic heterocycles. The number of amides is 1. The summed E-state index contributed by atoms with van der Waals surface area (Å²) in [4.78, 5) is 19.1. The number of aryl methyl sites for hydroxylation is 1. The van der Waals surface area contributed by atoms with E-state index in [-0.39, 0.29) is 11.6 Å². The number of rotatable bonds is 4. The maximum Gasteiger partial charge on any atom is 0.255 e. The minimum Gasteiger partial charge on any atom is -0.388 e. The number of nitrogens with two attached hydrogens (primary N) is 1. The first-order valence-corrected chi connectivity index (χ1v) is 12.1. The van der Waals surface area contributed by atoms with E-state index in [9.17, 15) is 14.3 Å². The van der Waals surface area contributed by atoms with Crippen LogP contribution in [0, 0.1) is 6.92 Å². The lowest BCUT2D eigenvalue weighted by atomic mass is 9.86. The number of hydrogen-bond donors (Lipinski definition) is 3. The Morgan fingerprint density at radius 2 is 2.06 bits per heavy atom. The van der Waals surface area contributed by atoms with E-state index < -0.39 is 17.4 Å². The molecule has 0 aliphatic carbocycles. The van der Waals surface area contributed by atoms with Crippen LogP contribution in [-0.4, -0.2) is 41.4 Å². The van der Waals surface area contributed by atoms with Crippen molar-refractivity contribution in [1.82, 2.24) is 4.98 Å². The largest absolute Gasteiger partial charge is 0.388 e. The normalized spacial score (nSPS) is 21.5. The summed E-state index contributed by atoms with van der Waals surface area (Å²) in [5, 5.41) is 13.7. The van der Waals surface area contributed by atoms with Crippen LogP contribution in [0.4, 0.5) is 15.8 Å². The molecule has 36 heavy (non-hydrogen) atoms. The number of hydrogen-bond acceptors (Lipinski definition) is 6. The molecule has 2 aliphatic rings. The van der Waals surface area contributed by atoms with Gasteiger partial charge in [-0.3, -0.25) is 9.78 Å². The van der Waals surface area contributed by atoms with Gasteiger partial charge in [-0.1, -0.05) is 18.2 Å². The van der Waals surface area contributed by atoms with Gasteiger partial charge >= 0.3 is 0 Å². The highest BCUT2D eigenvalue weighted by atomic mass is 19.1. The molecule has 2 aliphatic heterocycles. The average molecular weight is 491 g/mol. The summed E-state index contributed by atoms with van der Waals surface area (Å²) in [7, 11) is 0. The molecule has 0 spiro atoms. The van der Waals surface area contributed by atoms with Crippen LogP contribution in [0.2, 0.25) is 0 Å². The van der Waals surface area contributed by atoms with Crippen molar-refractivity contribution in [2.24, 2.45) is 5.73 Å². The molecule has 3 heterocycles. The molecule has 1 fully saturated rings. The van der Waals surface area contributed by atoms with Gasteiger partial charge in [0.1, 0.15) is 11.3 Å². The first kappa shape index (κ1) is 24.4. The topological polar surface area (TPSA) is 101 Å². The molecule has 0 bridgehead atoms. The van der Waals surface area contributed by atoms with Gasteiger partial charge in [-0.25, -0.2) is 4.39 Å². The van der Waals surface area contributed by atoms with Crippen LogP contribution in [0.15, 0.2) is 54.7 Å². The molecule has 2 aromatic carbocycles. The molecule has 1 saturated heterocycles. The molecule has 0 saturated carbocycles. The van der Waals surface area contributed by atoms with Gasteiger partial charge in [0.15, 0.2) is 0 Å². The summed E-state index contributed by atoms with van der Waals surface area (Å²) in [5.41, 5.74) is 10.1. The number of ether oxygens (including phenoxy) is 1. The fourth-order valence-electron chi connectivity index (χ4n) is 5.02. The van der Waals surface area contributed by atoms with E-state index in [1.807, 2.05) is 37.3 Å². The second kappa shape index (κ2) is 8.96. The minimum atomic E-state index is -1.64. The van der Waals surface area contributed by atoms with Crippen LogP contribution in [0.1, 0.15) is 53.6 Å². The SMILES string of the molecule is Cc1ccc(NC(=O)c2ccnc(C(C)(C)F)c2)cc1-c1ccc2c(c1)N1CCOC[C@]1(N)CC2O. The van der Waals surface area contributed by atoms with E-state index in [0.29, 0.717) is 37.4 Å². The summed E-state index contributed by atoms with van der Waals surface area (Å²) in [6, 6.07) is 14.7. The average Bonchev–Trinajstić information content (AvgIpc) is 2.84. The number of halogens is 1. The van der Waals surface area contributed by atoms with Gasteiger partial charge in [0.25, 0.3) is 5.91 Å². The number of carbonyl (C=O) groups excluding carboxylic acids is 1. The van der Waals surface area contributed by atoms with E-state index >= 15 is 0 Å². The molecule has 1 amide bonds. The zero-order valence-electron chi connectivity index (χ0n) is 20.7. The number of fused-ring (bicyclic) bond motifs is 3. The monoisotopic (exact) mass is 490 g/mol. The summed E-state index contributed by atoms with van der Waals surface area (Å²) in [5.74, 6) is -0.340. The van der Waals surface area contributed by atoms with Crippen LogP contribution in [0.3, 0.4) is 0 Å². The fourth-order valence-corrected chi connectivity index (χ4v) is 5.02. The number of carbonyl (C=O) groups is 1. The zero-order chi connectivity index (χ0) is 25.7. The number of aromatic nitrogens is 1. The molecular weight excluding hydrogens is 459 g/mol. The highest BCUT2D eigenvalue weighted by Gasteiger charge is 2.43. The van der Waals surface area contributed by atoms with E-state index in [1.165, 1.54) is 26.1 Å². The second-order valence-corrected chi connectivity index (χ2v) is 10.2. The van der Waals surface area contributed by atoms with Crippen LogP contribution in [-0.2, 0) is 10.4 Å². The first-order valence-electron chi connectivity index (χ1n) is 12.1. The molecule has 1 unspecified atom stereocenters. The van der Waals surface area contributed by atoms with Crippen molar-refractivity contribution in [3.8, 4) is 11.1 Å². The Hall–Kier alpha value is -3.33. The quantitative estimate of drug-likeness (QED) is 0.500. The predicted molar refractivity (Wildman–Crippen MR) is 138 cm³/mol. The van der Waals surface area contributed by atoms with Gasteiger partial charge in [0.2, 0.25) is 0 Å². The summed E-state index contributed by atoms with van der Waals surface area (Å²) in [6.07, 6.45) is 1.19. The van der Waals surface area contributed by atoms with Crippen molar-refractivity contribution in [3.63, 3.8) is 0 Å². The summed E-state index contributed by atoms with van der Waals surface area (Å²) < 4.78 is 19.9. The number of anilines is 2. The molecule has 8 heteroatoms. The molecular formula is C28H31FN4O3. The Balaban J connectivity index is 1.46. The van der Waals surface area contributed by atoms with E-state index in [0.717, 1.165) is 27.9 Å². The standard InChI is InChI=1S/C28H31FN4O3/c1-17-4-6-20(32-26(35)19-8-9-31-25(13-19)27(2,3)29)14-22(17)18-5-7-21-23(12-18)33-10-11-36-16-28(33,30)15-24(21)34/h4-9,12-14,24,34H,10-11,15-16,30H2,1-3H3,(H,32,35)/t24?,28-/m0/s1. The maximum atomic E-state index is 14.3. The van der Waals surface area contributed by atoms with Gasteiger partial charge < -0.3 is 25.8 Å². The van der Waals surface area contributed by atoms with Gasteiger partial charge in [-0.2, -0.15) is 0 Å². The van der Waals surface area contributed by atoms with Crippen molar-refractivity contribution < 1.29 is 19.0 Å². The number of alkyl halides is 1. The third kappa shape index (κ3) is 4.48. The van der Waals surface area contributed by atoms with E-state index in [4.69, 9.17) is 10.5 Å². The lowest BCUT2D eigenvalue weighted by Crippen LogP contribution is -2.65. The molecule has 7 nitrogen and oxygen atoms in total. The predicted octanol–water partition coefficient (Wildman–Crippen LogP) is 4.44. The van der Waals surface area contributed by atoms with Crippen molar-refractivity contribution >= 4 is 17.3 Å². The summed E-state index contributed by atoms with van der Waals surface area (Å²) in [6.45, 7) is 6.42. The van der Waals surface area contributed by atoms with Crippen molar-refractivity contribution in [1.29, 1.82) is 0 Å². The van der Waals surface area contributed by atoms with Crippen LogP contribution >= 0.6 is 0 Å². The Kier molecular flexibility index (Phi) is 6.06. The number of nitrogens with one attached hydrogen (secondary N) is 1. The molecule has 2 atom stereocenters. The van der Waals surface area contributed by atoms with Gasteiger partial charge in [-0.15, -0.1) is 0 Å². The number of benzene rings is 2. The van der Waals surface area contributed by atoms with Crippen LogP contribution in [0.5, 0.6) is 0 Å². The molecule has 188 valence electrons. The lowest BCUT2D eigenvalue weighted by Gasteiger charge is -2.50. The van der Waals surface area contributed by atoms with E-state index in [1.54, 1.807) is 6.07 Å². The molecule has 5 rings (SSSR count). The van der Waals surface area contributed by atoms with Crippen molar-refractivity contribution in [3.05, 3.63) is 77.1 Å². The third-order valence-electron chi connectivity index (χ3n) is 7.01. The number of aliphatic hydroxyl groups excluding tert-OH is 1. The van der Waals surface area contributed by atoms with Crippen LogP contribution < -0.4 is 16.0 Å². The number of morpholine rings is 1. The molecule has 4 N–H and O–H groups in total. The third-order valence-corrected chi connectivity index (χ3v) is 7.01. The Labute approximate surface area is 210 Å². The van der Waals surface area contributed by atoms with Crippen molar-refractivity contribution in [2.45, 2.75) is 44.6 Å². The lowest BCUT2D eigenvalue weighted by molar-refractivity contribution is 0.0159. The number of nitrogens with zero attached hydrogens (tertiary/aromatic N) is 2. The molecule has 0 radical (unpaired) electrons. The number of aliphatic hydroxyl groups is 1.